The van der Waals surface area contributed by atoms with Crippen LogP contribution < -0.4 is 10.2 Å². The number of amides is 1. The SMILES string of the molecule is CCOC(=O)c1nc2ccc(NC(=O)c3ccc(N(CCCl)CCCl)cc3)cc2[nH]1. The summed E-state index contributed by atoms with van der Waals surface area (Å²) < 4.78 is 4.95. The van der Waals surface area contributed by atoms with E-state index in [0.29, 0.717) is 47.1 Å². The molecular formula is C21H22Cl2N4O3. The number of esters is 1. The van der Waals surface area contributed by atoms with Crippen molar-refractivity contribution >= 4 is 57.5 Å². The molecule has 2 aromatic carbocycles. The minimum absolute atomic E-state index is 0.129. The topological polar surface area (TPSA) is 87.3 Å². The molecule has 1 heterocycles. The highest BCUT2D eigenvalue weighted by molar-refractivity contribution is 6.18. The van der Waals surface area contributed by atoms with Crippen molar-refractivity contribution in [3.8, 4) is 0 Å². The number of anilines is 2. The molecule has 0 saturated heterocycles. The number of imidazole rings is 1. The number of alkyl halides is 2. The Kier molecular flexibility index (Phi) is 7.54. The minimum atomic E-state index is -0.517. The maximum atomic E-state index is 12.6. The van der Waals surface area contributed by atoms with Crippen molar-refractivity contribution in [3.05, 3.63) is 53.9 Å². The van der Waals surface area contributed by atoms with Gasteiger partial charge >= 0.3 is 5.97 Å². The van der Waals surface area contributed by atoms with Gasteiger partial charge in [0.1, 0.15) is 0 Å². The van der Waals surface area contributed by atoms with E-state index in [1.54, 1.807) is 37.3 Å². The maximum absolute atomic E-state index is 12.6. The first kappa shape index (κ1) is 21.9. The van der Waals surface area contributed by atoms with Crippen molar-refractivity contribution in [1.82, 2.24) is 9.97 Å². The summed E-state index contributed by atoms with van der Waals surface area (Å²) in [6, 6.07) is 12.4. The molecule has 0 spiro atoms. The summed E-state index contributed by atoms with van der Waals surface area (Å²) in [5, 5.41) is 2.85. The van der Waals surface area contributed by atoms with Gasteiger partial charge in [-0.15, -0.1) is 23.2 Å². The fourth-order valence-electron chi connectivity index (χ4n) is 2.98. The van der Waals surface area contributed by atoms with Crippen LogP contribution in [0.3, 0.4) is 0 Å². The van der Waals surface area contributed by atoms with Crippen molar-refractivity contribution in [2.24, 2.45) is 0 Å². The highest BCUT2D eigenvalue weighted by Crippen LogP contribution is 2.20. The fraction of sp³-hybridized carbons (Fsp3) is 0.286. The molecule has 0 aliphatic carbocycles. The van der Waals surface area contributed by atoms with E-state index in [2.05, 4.69) is 20.2 Å². The zero-order valence-corrected chi connectivity index (χ0v) is 18.0. The second-order valence-electron chi connectivity index (χ2n) is 6.40. The number of aromatic amines is 1. The van der Waals surface area contributed by atoms with E-state index in [-0.39, 0.29) is 18.3 Å². The molecule has 9 heteroatoms. The number of fused-ring (bicyclic) bond motifs is 1. The lowest BCUT2D eigenvalue weighted by Crippen LogP contribution is -2.27. The molecule has 0 saturated carbocycles. The molecule has 0 radical (unpaired) electrons. The van der Waals surface area contributed by atoms with Crippen LogP contribution in [-0.4, -0.2) is 53.3 Å². The van der Waals surface area contributed by atoms with Gasteiger partial charge in [-0.1, -0.05) is 0 Å². The predicted molar refractivity (Wildman–Crippen MR) is 120 cm³/mol. The Morgan fingerprint density at radius 2 is 1.80 bits per heavy atom. The average Bonchev–Trinajstić information content (AvgIpc) is 3.17. The van der Waals surface area contributed by atoms with Gasteiger partial charge in [-0.3, -0.25) is 4.79 Å². The standard InChI is InChI=1S/C21H22Cl2N4O3/c1-2-30-21(29)19-25-17-8-5-15(13-18(17)26-19)24-20(28)14-3-6-16(7-4-14)27(11-9-22)12-10-23/h3-8,13H,2,9-12H2,1H3,(H,24,28)(H,25,26). The Morgan fingerprint density at radius 1 is 1.10 bits per heavy atom. The van der Waals surface area contributed by atoms with Crippen LogP contribution in [0.25, 0.3) is 11.0 Å². The summed E-state index contributed by atoms with van der Waals surface area (Å²) in [7, 11) is 0. The van der Waals surface area contributed by atoms with E-state index in [1.165, 1.54) is 0 Å². The number of nitrogens with one attached hydrogen (secondary N) is 2. The van der Waals surface area contributed by atoms with Crippen LogP contribution in [0, 0.1) is 0 Å². The first-order valence-corrected chi connectivity index (χ1v) is 10.6. The summed E-state index contributed by atoms with van der Waals surface area (Å²) in [5.41, 5.74) is 3.30. The normalized spacial score (nSPS) is 10.8. The Labute approximate surface area is 184 Å². The third-order valence-corrected chi connectivity index (χ3v) is 4.75. The van der Waals surface area contributed by atoms with Crippen LogP contribution in [0.1, 0.15) is 27.9 Å². The van der Waals surface area contributed by atoms with Crippen LogP contribution >= 0.6 is 23.2 Å². The van der Waals surface area contributed by atoms with E-state index in [1.807, 2.05) is 12.1 Å². The molecule has 1 amide bonds. The number of rotatable bonds is 9. The molecule has 0 aliphatic rings. The van der Waals surface area contributed by atoms with Crippen molar-refractivity contribution in [2.45, 2.75) is 6.92 Å². The zero-order valence-electron chi connectivity index (χ0n) is 16.5. The van der Waals surface area contributed by atoms with Gasteiger partial charge in [0.2, 0.25) is 5.82 Å². The van der Waals surface area contributed by atoms with Crippen molar-refractivity contribution in [2.75, 3.05) is 41.7 Å². The molecule has 3 aromatic rings. The molecule has 0 bridgehead atoms. The number of aromatic nitrogens is 2. The molecule has 0 fully saturated rings. The van der Waals surface area contributed by atoms with Crippen LogP contribution in [-0.2, 0) is 4.74 Å². The van der Waals surface area contributed by atoms with Crippen molar-refractivity contribution in [1.29, 1.82) is 0 Å². The van der Waals surface area contributed by atoms with Gasteiger partial charge in [0.05, 0.1) is 17.6 Å². The van der Waals surface area contributed by atoms with Crippen molar-refractivity contribution in [3.63, 3.8) is 0 Å². The average molecular weight is 449 g/mol. The van der Waals surface area contributed by atoms with Gasteiger partial charge in [-0.25, -0.2) is 9.78 Å². The molecule has 1 aromatic heterocycles. The first-order valence-electron chi connectivity index (χ1n) is 9.51. The number of carbonyl (C=O) groups excluding carboxylic acids is 2. The monoisotopic (exact) mass is 448 g/mol. The Hall–Kier alpha value is -2.77. The summed E-state index contributed by atoms with van der Waals surface area (Å²) in [5.74, 6) is 0.355. The number of ether oxygens (including phenoxy) is 1. The summed E-state index contributed by atoms with van der Waals surface area (Å²) in [6.07, 6.45) is 0. The largest absolute Gasteiger partial charge is 0.460 e. The van der Waals surface area contributed by atoms with Gasteiger partial charge < -0.3 is 19.9 Å². The second kappa shape index (κ2) is 10.3. The fourth-order valence-corrected chi connectivity index (χ4v) is 3.39. The number of halogens is 2. The van der Waals surface area contributed by atoms with Gasteiger partial charge in [-0.2, -0.15) is 0 Å². The molecule has 7 nitrogen and oxygen atoms in total. The van der Waals surface area contributed by atoms with Crippen LogP contribution in [0.2, 0.25) is 0 Å². The van der Waals surface area contributed by atoms with E-state index >= 15 is 0 Å². The number of nitrogens with zero attached hydrogens (tertiary/aromatic N) is 2. The first-order chi connectivity index (χ1) is 14.5. The van der Waals surface area contributed by atoms with Gasteiger partial charge in [-0.05, 0) is 49.4 Å². The minimum Gasteiger partial charge on any atom is -0.460 e. The number of H-pyrrole nitrogens is 1. The lowest BCUT2D eigenvalue weighted by Gasteiger charge is -2.22. The zero-order chi connectivity index (χ0) is 21.5. The van der Waals surface area contributed by atoms with E-state index in [0.717, 1.165) is 5.69 Å². The van der Waals surface area contributed by atoms with E-state index < -0.39 is 5.97 Å². The number of hydrogen-bond donors (Lipinski definition) is 2. The smallest absolute Gasteiger partial charge is 0.374 e. The van der Waals surface area contributed by atoms with Gasteiger partial charge in [0.25, 0.3) is 5.91 Å². The molecule has 30 heavy (non-hydrogen) atoms. The molecule has 0 aliphatic heterocycles. The van der Waals surface area contributed by atoms with Gasteiger partial charge in [0.15, 0.2) is 0 Å². The van der Waals surface area contributed by atoms with Crippen LogP contribution in [0.5, 0.6) is 0 Å². The van der Waals surface area contributed by atoms with Crippen LogP contribution in [0.4, 0.5) is 11.4 Å². The Bertz CT molecular complexity index is 1010. The maximum Gasteiger partial charge on any atom is 0.374 e. The summed E-state index contributed by atoms with van der Waals surface area (Å²) >= 11 is 11.7. The molecule has 0 unspecified atom stereocenters. The van der Waals surface area contributed by atoms with E-state index in [9.17, 15) is 9.59 Å². The van der Waals surface area contributed by atoms with Gasteiger partial charge in [0, 0.05) is 41.8 Å². The number of carbonyl (C=O) groups is 2. The Morgan fingerprint density at radius 3 is 2.43 bits per heavy atom. The second-order valence-corrected chi connectivity index (χ2v) is 7.16. The summed E-state index contributed by atoms with van der Waals surface area (Å²) in [6.45, 7) is 3.36. The van der Waals surface area contributed by atoms with E-state index in [4.69, 9.17) is 27.9 Å². The molecule has 2 N–H and O–H groups in total. The molecule has 158 valence electrons. The lowest BCUT2D eigenvalue weighted by atomic mass is 10.1. The molecule has 3 rings (SSSR count). The lowest BCUT2D eigenvalue weighted by molar-refractivity contribution is 0.0513. The molecule has 0 atom stereocenters. The third-order valence-electron chi connectivity index (χ3n) is 4.41. The molecular weight excluding hydrogens is 427 g/mol. The summed E-state index contributed by atoms with van der Waals surface area (Å²) in [4.78, 5) is 33.6. The highest BCUT2D eigenvalue weighted by atomic mass is 35.5. The third kappa shape index (κ3) is 5.23. The van der Waals surface area contributed by atoms with Crippen LogP contribution in [0.15, 0.2) is 42.5 Å². The number of benzene rings is 2. The number of hydrogen-bond acceptors (Lipinski definition) is 5. The quantitative estimate of drug-likeness (QED) is 0.376. The predicted octanol–water partition coefficient (Wildman–Crippen LogP) is 4.28. The highest BCUT2D eigenvalue weighted by Gasteiger charge is 2.14. The Balaban J connectivity index is 1.72. The van der Waals surface area contributed by atoms with Crippen molar-refractivity contribution < 1.29 is 14.3 Å².